The average Bonchev–Trinajstić information content (AvgIpc) is 3.03. The monoisotopic (exact) mass is 249 g/mol. The van der Waals surface area contributed by atoms with Crippen LogP contribution in [0.1, 0.15) is 60.8 Å². The lowest BCUT2D eigenvalue weighted by Crippen LogP contribution is -2.36. The molecule has 0 bridgehead atoms. The van der Waals surface area contributed by atoms with Gasteiger partial charge in [0.2, 0.25) is 0 Å². The highest BCUT2D eigenvalue weighted by Crippen LogP contribution is 2.57. The maximum atomic E-state index is 2.71. The lowest BCUT2D eigenvalue weighted by atomic mass is 9.80. The highest BCUT2D eigenvalue weighted by Gasteiger charge is 2.50. The first-order chi connectivity index (χ1) is 8.37. The summed E-state index contributed by atoms with van der Waals surface area (Å²) >= 11 is 0. The highest BCUT2D eigenvalue weighted by atomic mass is 15.2. The molecule has 2 rings (SSSR count). The van der Waals surface area contributed by atoms with Crippen molar-refractivity contribution >= 4 is 0 Å². The summed E-state index contributed by atoms with van der Waals surface area (Å²) in [6.07, 6.45) is 4.16. The van der Waals surface area contributed by atoms with Crippen molar-refractivity contribution < 1.29 is 0 Å². The van der Waals surface area contributed by atoms with Crippen LogP contribution in [0.5, 0.6) is 0 Å². The predicted molar refractivity (Wildman–Crippen MR) is 79.7 cm³/mol. The van der Waals surface area contributed by atoms with E-state index < -0.39 is 0 Å². The van der Waals surface area contributed by atoms with Crippen molar-refractivity contribution in [2.75, 3.05) is 13.1 Å². The summed E-state index contributed by atoms with van der Waals surface area (Å²) in [7, 11) is 0. The SMILES string of the molecule is CC(C)C1=C(C(C)C)C2(CC2)CN(C(C)C)CC1. The molecular weight excluding hydrogens is 218 g/mol. The Labute approximate surface area is 114 Å². The highest BCUT2D eigenvalue weighted by molar-refractivity contribution is 5.32. The molecule has 0 amide bonds. The smallest absolute Gasteiger partial charge is 0.00784 e. The van der Waals surface area contributed by atoms with Gasteiger partial charge < -0.3 is 0 Å². The summed E-state index contributed by atoms with van der Waals surface area (Å²) in [4.78, 5) is 2.71. The summed E-state index contributed by atoms with van der Waals surface area (Å²) < 4.78 is 0. The molecule has 18 heavy (non-hydrogen) atoms. The first-order valence-corrected chi connectivity index (χ1v) is 7.85. The molecule has 0 aromatic carbocycles. The summed E-state index contributed by atoms with van der Waals surface area (Å²) in [6, 6.07) is 0.697. The third kappa shape index (κ3) is 2.52. The number of hydrogen-bond acceptors (Lipinski definition) is 1. The zero-order valence-electron chi connectivity index (χ0n) is 13.2. The maximum Gasteiger partial charge on any atom is 0.00784 e. The molecule has 1 aliphatic carbocycles. The van der Waals surface area contributed by atoms with Crippen LogP contribution in [0.2, 0.25) is 0 Å². The van der Waals surface area contributed by atoms with Gasteiger partial charge in [-0.05, 0) is 44.9 Å². The van der Waals surface area contributed by atoms with Crippen LogP contribution in [0.15, 0.2) is 11.1 Å². The second-order valence-corrected chi connectivity index (χ2v) is 7.34. The Bertz CT molecular complexity index is 332. The summed E-state index contributed by atoms with van der Waals surface area (Å²) in [6.45, 7) is 16.9. The molecule has 1 nitrogen and oxygen atoms in total. The molecule has 104 valence electrons. The second-order valence-electron chi connectivity index (χ2n) is 7.34. The van der Waals surface area contributed by atoms with E-state index in [1.807, 2.05) is 5.57 Å². The van der Waals surface area contributed by atoms with Crippen molar-refractivity contribution in [1.29, 1.82) is 0 Å². The molecule has 0 aromatic heterocycles. The van der Waals surface area contributed by atoms with Crippen molar-refractivity contribution in [3.05, 3.63) is 11.1 Å². The standard InChI is InChI=1S/C17H31N/c1-12(2)15-7-10-18(14(5)6)11-17(8-9-17)16(15)13(3)4/h12-14H,7-11H2,1-6H3. The minimum atomic E-state index is 0.564. The molecule has 1 aliphatic heterocycles. The third-order valence-corrected chi connectivity index (χ3v) is 4.95. The van der Waals surface area contributed by atoms with E-state index in [0.29, 0.717) is 11.5 Å². The van der Waals surface area contributed by atoms with Gasteiger partial charge in [-0.15, -0.1) is 0 Å². The minimum absolute atomic E-state index is 0.564. The first kappa shape index (κ1) is 14.1. The largest absolute Gasteiger partial charge is 0.300 e. The summed E-state index contributed by atoms with van der Waals surface area (Å²) in [5.74, 6) is 1.46. The van der Waals surface area contributed by atoms with Gasteiger partial charge in [0.15, 0.2) is 0 Å². The molecule has 0 radical (unpaired) electrons. The molecule has 0 atom stereocenters. The number of nitrogens with zero attached hydrogens (tertiary/aromatic N) is 1. The normalized spacial score (nSPS) is 24.5. The second kappa shape index (κ2) is 5.00. The zero-order valence-corrected chi connectivity index (χ0v) is 13.2. The van der Waals surface area contributed by atoms with E-state index in [9.17, 15) is 0 Å². The number of rotatable bonds is 3. The van der Waals surface area contributed by atoms with E-state index in [1.165, 1.54) is 32.4 Å². The maximum absolute atomic E-state index is 2.71. The van der Waals surface area contributed by atoms with Gasteiger partial charge in [0.1, 0.15) is 0 Å². The molecule has 1 saturated carbocycles. The van der Waals surface area contributed by atoms with Gasteiger partial charge in [-0.1, -0.05) is 38.8 Å². The van der Waals surface area contributed by atoms with Crippen molar-refractivity contribution in [3.8, 4) is 0 Å². The van der Waals surface area contributed by atoms with E-state index in [2.05, 4.69) is 46.4 Å². The fraction of sp³-hybridized carbons (Fsp3) is 0.882. The van der Waals surface area contributed by atoms with Crippen LogP contribution in [0.3, 0.4) is 0 Å². The van der Waals surface area contributed by atoms with E-state index >= 15 is 0 Å². The molecule has 1 fully saturated rings. The lowest BCUT2D eigenvalue weighted by Gasteiger charge is -2.30. The molecule has 0 unspecified atom stereocenters. The Morgan fingerprint density at radius 2 is 1.56 bits per heavy atom. The first-order valence-electron chi connectivity index (χ1n) is 7.85. The zero-order chi connectivity index (χ0) is 13.5. The number of hydrogen-bond donors (Lipinski definition) is 0. The lowest BCUT2D eigenvalue weighted by molar-refractivity contribution is 0.197. The van der Waals surface area contributed by atoms with Crippen LogP contribution < -0.4 is 0 Å². The molecule has 1 heterocycles. The van der Waals surface area contributed by atoms with Gasteiger partial charge >= 0.3 is 0 Å². The van der Waals surface area contributed by atoms with Crippen molar-refractivity contribution in [1.82, 2.24) is 4.90 Å². The fourth-order valence-electron chi connectivity index (χ4n) is 3.89. The van der Waals surface area contributed by atoms with Crippen LogP contribution in [-0.2, 0) is 0 Å². The molecular formula is C17H31N. The van der Waals surface area contributed by atoms with E-state index in [1.54, 1.807) is 5.57 Å². The van der Waals surface area contributed by atoms with Crippen LogP contribution >= 0.6 is 0 Å². The van der Waals surface area contributed by atoms with E-state index in [0.717, 1.165) is 11.8 Å². The molecule has 2 aliphatic rings. The Kier molecular flexibility index (Phi) is 3.92. The van der Waals surface area contributed by atoms with Crippen molar-refractivity contribution in [3.63, 3.8) is 0 Å². The Hall–Kier alpha value is -0.300. The van der Waals surface area contributed by atoms with Crippen LogP contribution in [0, 0.1) is 17.3 Å². The molecule has 0 saturated heterocycles. The Morgan fingerprint density at radius 1 is 0.944 bits per heavy atom. The van der Waals surface area contributed by atoms with Gasteiger partial charge in [-0.25, -0.2) is 0 Å². The molecule has 0 aromatic rings. The van der Waals surface area contributed by atoms with Gasteiger partial charge in [0, 0.05) is 24.5 Å². The van der Waals surface area contributed by atoms with E-state index in [4.69, 9.17) is 0 Å². The van der Waals surface area contributed by atoms with E-state index in [-0.39, 0.29) is 0 Å². The topological polar surface area (TPSA) is 3.24 Å². The predicted octanol–water partition coefficient (Wildman–Crippen LogP) is 4.49. The van der Waals surface area contributed by atoms with Crippen molar-refractivity contribution in [2.45, 2.75) is 66.8 Å². The fourth-order valence-corrected chi connectivity index (χ4v) is 3.89. The molecule has 1 spiro atoms. The van der Waals surface area contributed by atoms with Gasteiger partial charge in [0.05, 0.1) is 0 Å². The quantitative estimate of drug-likeness (QED) is 0.666. The van der Waals surface area contributed by atoms with Gasteiger partial charge in [-0.3, -0.25) is 4.90 Å². The van der Waals surface area contributed by atoms with Gasteiger partial charge in [0.25, 0.3) is 0 Å². The van der Waals surface area contributed by atoms with Crippen LogP contribution in [-0.4, -0.2) is 24.0 Å². The summed E-state index contributed by atoms with van der Waals surface area (Å²) in [5.41, 5.74) is 4.18. The third-order valence-electron chi connectivity index (χ3n) is 4.95. The van der Waals surface area contributed by atoms with Crippen LogP contribution in [0.4, 0.5) is 0 Å². The Morgan fingerprint density at radius 3 is 1.94 bits per heavy atom. The minimum Gasteiger partial charge on any atom is -0.300 e. The average molecular weight is 249 g/mol. The summed E-state index contributed by atoms with van der Waals surface area (Å²) in [5, 5.41) is 0. The van der Waals surface area contributed by atoms with Crippen molar-refractivity contribution in [2.24, 2.45) is 17.3 Å². The van der Waals surface area contributed by atoms with Gasteiger partial charge in [-0.2, -0.15) is 0 Å². The van der Waals surface area contributed by atoms with Crippen LogP contribution in [0.25, 0.3) is 0 Å². The Balaban J connectivity index is 2.35. The molecule has 1 heteroatoms. The molecule has 0 N–H and O–H groups in total.